The van der Waals surface area contributed by atoms with Crippen LogP contribution in [0, 0.1) is 5.92 Å². The van der Waals surface area contributed by atoms with Gasteiger partial charge in [-0.2, -0.15) is 0 Å². The molecule has 0 saturated carbocycles. The minimum atomic E-state index is -1.02. The largest absolute Gasteiger partial charge is 0.481 e. The number of carbonyl (C=O) groups excluding carboxylic acids is 3. The van der Waals surface area contributed by atoms with Crippen molar-refractivity contribution in [2.75, 3.05) is 39.3 Å². The fraction of sp³-hybridized carbons (Fsp3) is 0.556. The van der Waals surface area contributed by atoms with Gasteiger partial charge in [0.1, 0.15) is 23.1 Å². The van der Waals surface area contributed by atoms with E-state index in [0.29, 0.717) is 23.5 Å². The Kier molecular flexibility index (Phi) is 6.65. The number of carboxylic acid groups (broad SMARTS) is 1. The van der Waals surface area contributed by atoms with E-state index in [1.807, 2.05) is 14.7 Å². The van der Waals surface area contributed by atoms with Crippen molar-refractivity contribution in [2.24, 2.45) is 5.92 Å². The van der Waals surface area contributed by atoms with E-state index < -0.39 is 11.9 Å². The molecule has 3 fully saturated rings. The summed E-state index contributed by atoms with van der Waals surface area (Å²) in [6, 6.07) is 0. The molecule has 1 N–H and O–H groups in total. The molecule has 0 aromatic carbocycles. The molecule has 1 atom stereocenters. The quantitative estimate of drug-likeness (QED) is 0.280. The molecule has 144 valence electrons. The van der Waals surface area contributed by atoms with E-state index in [1.54, 1.807) is 6.92 Å². The van der Waals surface area contributed by atoms with Gasteiger partial charge in [-0.25, -0.2) is 0 Å². The Labute approximate surface area is 172 Å². The molecule has 27 heavy (non-hydrogen) atoms. The number of hydrogen-bond acceptors (Lipinski definition) is 7. The zero-order chi connectivity index (χ0) is 19.0. The number of carbonyl (C=O) groups is 4. The summed E-state index contributed by atoms with van der Waals surface area (Å²) in [5, 5.41) is 8.32. The van der Waals surface area contributed by atoms with Crippen LogP contribution >= 0.6 is 0 Å². The molecule has 0 aromatic rings. The maximum Gasteiger partial charge on any atom is 0.314 e. The van der Waals surface area contributed by atoms with Gasteiger partial charge in [0.25, 0.3) is 0 Å². The monoisotopic (exact) mass is 409 g/mol. The molecule has 4 rings (SSSR count). The first-order chi connectivity index (χ1) is 12.3. The zero-order valence-electron chi connectivity index (χ0n) is 15.5. The fourth-order valence-electron chi connectivity index (χ4n) is 2.91. The van der Waals surface area contributed by atoms with E-state index in [0.717, 1.165) is 39.3 Å². The predicted octanol–water partition coefficient (Wildman–Crippen LogP) is -0.136. The molecule has 3 heterocycles. The van der Waals surface area contributed by atoms with E-state index in [2.05, 4.69) is 0 Å². The first-order valence-electron chi connectivity index (χ1n) is 8.88. The van der Waals surface area contributed by atoms with Gasteiger partial charge in [0, 0.05) is 67.1 Å². The van der Waals surface area contributed by atoms with Crippen LogP contribution in [0.1, 0.15) is 20.3 Å². The van der Waals surface area contributed by atoms with Gasteiger partial charge in [-0.05, 0) is 13.3 Å². The summed E-state index contributed by atoms with van der Waals surface area (Å²) in [6.07, 6.45) is 1.90. The van der Waals surface area contributed by atoms with Crippen molar-refractivity contribution in [3.63, 3.8) is 0 Å². The van der Waals surface area contributed by atoms with Crippen LogP contribution in [0.4, 0.5) is 0 Å². The third kappa shape index (κ3) is 4.87. The van der Waals surface area contributed by atoms with Crippen molar-refractivity contribution < 1.29 is 46.0 Å². The van der Waals surface area contributed by atoms with Crippen LogP contribution in [0.2, 0.25) is 0 Å². The van der Waals surface area contributed by atoms with Crippen LogP contribution in [-0.2, 0) is 40.9 Å². The maximum absolute atomic E-state index is 12.4. The minimum Gasteiger partial charge on any atom is -0.481 e. The first kappa shape index (κ1) is 21.4. The van der Waals surface area contributed by atoms with Crippen molar-refractivity contribution in [3.8, 4) is 0 Å². The molecule has 8 nitrogen and oxygen atoms in total. The summed E-state index contributed by atoms with van der Waals surface area (Å²) in [5.74, 6) is -2.05. The number of Topliss-reactive ketones (excluding diaryl/α,β-unsaturated/α-hetero) is 2. The molecule has 0 aromatic heterocycles. The summed E-state index contributed by atoms with van der Waals surface area (Å²) in [4.78, 5) is 51.1. The Morgan fingerprint density at radius 2 is 1.48 bits per heavy atom. The summed E-state index contributed by atoms with van der Waals surface area (Å²) in [5.41, 5.74) is 1.89. The second kappa shape index (κ2) is 8.40. The molecular weight excluding hydrogens is 386 g/mol. The van der Waals surface area contributed by atoms with Gasteiger partial charge in [0.15, 0.2) is 0 Å². The van der Waals surface area contributed by atoms with Crippen molar-refractivity contribution >= 4 is 23.3 Å². The van der Waals surface area contributed by atoms with Crippen molar-refractivity contribution in [1.29, 1.82) is 0 Å². The van der Waals surface area contributed by atoms with Crippen LogP contribution < -0.4 is 0 Å². The average Bonchev–Trinajstić information content (AvgIpc) is 3.43. The fourth-order valence-corrected chi connectivity index (χ4v) is 2.91. The van der Waals surface area contributed by atoms with Crippen molar-refractivity contribution in [1.82, 2.24) is 14.7 Å². The molecule has 0 bridgehead atoms. The second-order valence-corrected chi connectivity index (χ2v) is 6.79. The van der Waals surface area contributed by atoms with Gasteiger partial charge in [0.05, 0.1) is 5.70 Å². The van der Waals surface area contributed by atoms with Crippen LogP contribution in [0.3, 0.4) is 0 Å². The Bertz CT molecular complexity index is 719. The topological polar surface area (TPSA) is 97.5 Å². The zero-order valence-corrected chi connectivity index (χ0v) is 17.1. The molecule has 3 saturated heterocycles. The van der Waals surface area contributed by atoms with Crippen LogP contribution in [0.15, 0.2) is 23.2 Å². The SMILES string of the molecule is CCC(C(C)=O)C(=O)O.O=C1C=C(N2CC2)C(=O)C(N2CC2)=C1N1CC1.[Ti]. The van der Waals surface area contributed by atoms with Gasteiger partial charge in [-0.15, -0.1) is 0 Å². The summed E-state index contributed by atoms with van der Waals surface area (Å²) >= 11 is 0. The van der Waals surface area contributed by atoms with Gasteiger partial charge < -0.3 is 19.8 Å². The number of carboxylic acids is 1. The van der Waals surface area contributed by atoms with E-state index in [-0.39, 0.29) is 39.1 Å². The normalized spacial score (nSPS) is 21.0. The Hall–Kier alpha value is -1.93. The number of rotatable bonds is 6. The van der Waals surface area contributed by atoms with Crippen molar-refractivity contribution in [3.05, 3.63) is 23.2 Å². The summed E-state index contributed by atoms with van der Waals surface area (Å²) < 4.78 is 0. The van der Waals surface area contributed by atoms with E-state index >= 15 is 0 Å². The maximum atomic E-state index is 12.4. The molecular formula is C18H23N3O5Ti. The molecule has 0 spiro atoms. The van der Waals surface area contributed by atoms with Gasteiger partial charge in [-0.3, -0.25) is 19.2 Å². The molecule has 4 aliphatic rings. The van der Waals surface area contributed by atoms with Gasteiger partial charge >= 0.3 is 5.97 Å². The van der Waals surface area contributed by atoms with Crippen LogP contribution in [0.25, 0.3) is 0 Å². The van der Waals surface area contributed by atoms with E-state index in [4.69, 9.17) is 5.11 Å². The average molecular weight is 409 g/mol. The summed E-state index contributed by atoms with van der Waals surface area (Å²) in [6.45, 7) is 8.38. The molecule has 9 heteroatoms. The number of allylic oxidation sites excluding steroid dienone is 1. The molecule has 3 aliphatic heterocycles. The summed E-state index contributed by atoms with van der Waals surface area (Å²) in [7, 11) is 0. The third-order valence-corrected chi connectivity index (χ3v) is 4.69. The Morgan fingerprint density at radius 3 is 1.81 bits per heavy atom. The van der Waals surface area contributed by atoms with E-state index in [9.17, 15) is 19.2 Å². The van der Waals surface area contributed by atoms with Gasteiger partial charge in [0.2, 0.25) is 11.6 Å². The van der Waals surface area contributed by atoms with Crippen molar-refractivity contribution in [2.45, 2.75) is 20.3 Å². The molecule has 0 amide bonds. The molecule has 1 unspecified atom stereocenters. The number of aliphatic carboxylic acids is 1. The molecule has 0 radical (unpaired) electrons. The standard InChI is InChI=1S/C12H13N3O2.C6H10O3.Ti/c16-9-7-8(13-1-2-13)12(17)11(15-5-6-15)10(9)14-3-4-14;1-3-5(4(2)7)6(8)9;/h7H,1-6H2;5H,3H2,1-2H3,(H,8,9);. The predicted molar refractivity (Wildman–Crippen MR) is 91.9 cm³/mol. The first-order valence-corrected chi connectivity index (χ1v) is 8.88. The molecule has 1 aliphatic carbocycles. The second-order valence-electron chi connectivity index (χ2n) is 6.79. The minimum absolute atomic E-state index is 0. The number of nitrogens with zero attached hydrogens (tertiary/aromatic N) is 3. The number of hydrogen-bond donors (Lipinski definition) is 1. The third-order valence-electron chi connectivity index (χ3n) is 4.69. The van der Waals surface area contributed by atoms with E-state index in [1.165, 1.54) is 13.0 Å². The van der Waals surface area contributed by atoms with Crippen LogP contribution in [-0.4, -0.2) is 82.4 Å². The number of ketones is 3. The smallest absolute Gasteiger partial charge is 0.314 e. The van der Waals surface area contributed by atoms with Crippen LogP contribution in [0.5, 0.6) is 0 Å². The Morgan fingerprint density at radius 1 is 1.00 bits per heavy atom. The Balaban J connectivity index is 0.000000228. The van der Waals surface area contributed by atoms with Gasteiger partial charge in [-0.1, -0.05) is 6.92 Å².